The number of nitrogens with one attached hydrogen (secondary N) is 1. The molecule has 1 N–H and O–H groups in total. The van der Waals surface area contributed by atoms with E-state index in [1.165, 1.54) is 24.8 Å². The average Bonchev–Trinajstić information content (AvgIpc) is 3.24. The number of allylic oxidation sites excluding steroid dienone is 2. The predicted octanol–water partition coefficient (Wildman–Crippen LogP) is 3.40. The first-order valence-electron chi connectivity index (χ1n) is 7.28. The Balaban J connectivity index is 1.68. The summed E-state index contributed by atoms with van der Waals surface area (Å²) in [5, 5.41) is 2.80. The molecule has 3 nitrogen and oxygen atoms in total. The molecule has 1 aromatic carbocycles. The molecule has 1 aliphatic heterocycles. The van der Waals surface area contributed by atoms with Crippen molar-refractivity contribution in [3.05, 3.63) is 42.3 Å². The Morgan fingerprint density at radius 3 is 2.65 bits per heavy atom. The Labute approximate surface area is 120 Å². The van der Waals surface area contributed by atoms with Gasteiger partial charge in [0.25, 0.3) is 0 Å². The minimum atomic E-state index is 0.433. The Hall–Kier alpha value is -1.77. The molecule has 1 aliphatic carbocycles. The first kappa shape index (κ1) is 13.2. The summed E-state index contributed by atoms with van der Waals surface area (Å²) in [6.45, 7) is 4.51. The molecule has 1 heterocycles. The third-order valence-electron chi connectivity index (χ3n) is 4.46. The Morgan fingerprint density at radius 1 is 1.30 bits per heavy atom. The molecule has 0 unspecified atom stereocenters. The second-order valence-electron chi connectivity index (χ2n) is 6.16. The van der Waals surface area contributed by atoms with Gasteiger partial charge in [0.15, 0.2) is 0 Å². The quantitative estimate of drug-likeness (QED) is 0.831. The lowest BCUT2D eigenvalue weighted by Crippen LogP contribution is -2.39. The van der Waals surface area contributed by atoms with Crippen molar-refractivity contribution >= 4 is 17.8 Å². The summed E-state index contributed by atoms with van der Waals surface area (Å²) in [5.41, 5.74) is 4.00. The van der Waals surface area contributed by atoms with E-state index in [4.69, 9.17) is 0 Å². The van der Waals surface area contributed by atoms with Gasteiger partial charge in [0.2, 0.25) is 6.41 Å². The van der Waals surface area contributed by atoms with Gasteiger partial charge < -0.3 is 10.2 Å². The zero-order chi connectivity index (χ0) is 14.0. The van der Waals surface area contributed by atoms with Gasteiger partial charge in [0.1, 0.15) is 0 Å². The number of rotatable bonds is 5. The molecule has 1 fully saturated rings. The van der Waals surface area contributed by atoms with Crippen molar-refractivity contribution in [3.8, 4) is 0 Å². The second-order valence-corrected chi connectivity index (χ2v) is 6.16. The van der Waals surface area contributed by atoms with Crippen molar-refractivity contribution in [3.63, 3.8) is 0 Å². The van der Waals surface area contributed by atoms with E-state index >= 15 is 0 Å². The van der Waals surface area contributed by atoms with Crippen LogP contribution < -0.4 is 10.2 Å². The van der Waals surface area contributed by atoms with Crippen LogP contribution in [0.1, 0.15) is 26.2 Å². The maximum atomic E-state index is 10.7. The topological polar surface area (TPSA) is 32.3 Å². The normalized spacial score (nSPS) is 20.2. The van der Waals surface area contributed by atoms with Crippen LogP contribution in [0.15, 0.2) is 35.9 Å². The summed E-state index contributed by atoms with van der Waals surface area (Å²) >= 11 is 0. The molecule has 3 heteroatoms. The van der Waals surface area contributed by atoms with Crippen molar-refractivity contribution in [1.29, 1.82) is 0 Å². The SMILES string of the molecule is CC1(CC2=C[CH]2)CCN(c2ccccc2NC=O)CC1. The van der Waals surface area contributed by atoms with Gasteiger partial charge in [0.05, 0.1) is 11.4 Å². The van der Waals surface area contributed by atoms with Crippen LogP contribution >= 0.6 is 0 Å². The molecule has 0 aromatic heterocycles. The van der Waals surface area contributed by atoms with Crippen molar-refractivity contribution in [2.75, 3.05) is 23.3 Å². The van der Waals surface area contributed by atoms with Gasteiger partial charge in [-0.1, -0.05) is 30.7 Å². The van der Waals surface area contributed by atoms with E-state index < -0.39 is 0 Å². The second kappa shape index (κ2) is 5.31. The molecule has 1 amide bonds. The Kier molecular flexibility index (Phi) is 3.51. The third-order valence-corrected chi connectivity index (χ3v) is 4.46. The summed E-state index contributed by atoms with van der Waals surface area (Å²) in [4.78, 5) is 13.1. The van der Waals surface area contributed by atoms with Crippen LogP contribution in [0.5, 0.6) is 0 Å². The van der Waals surface area contributed by atoms with E-state index in [1.54, 1.807) is 0 Å². The highest BCUT2D eigenvalue weighted by molar-refractivity contribution is 5.81. The van der Waals surface area contributed by atoms with Crippen LogP contribution in [0.25, 0.3) is 0 Å². The number of carbonyl (C=O) groups is 1. The summed E-state index contributed by atoms with van der Waals surface area (Å²) in [6, 6.07) is 8.04. The molecule has 2 aliphatic rings. The number of amides is 1. The molecule has 20 heavy (non-hydrogen) atoms. The Morgan fingerprint density at radius 2 is 2.00 bits per heavy atom. The van der Waals surface area contributed by atoms with E-state index in [-0.39, 0.29) is 0 Å². The van der Waals surface area contributed by atoms with E-state index in [9.17, 15) is 4.79 Å². The first-order valence-corrected chi connectivity index (χ1v) is 7.28. The smallest absolute Gasteiger partial charge is 0.211 e. The number of hydrogen-bond acceptors (Lipinski definition) is 2. The van der Waals surface area contributed by atoms with Gasteiger partial charge in [-0.3, -0.25) is 4.79 Å². The number of piperidine rings is 1. The summed E-state index contributed by atoms with van der Waals surface area (Å²) in [7, 11) is 0. The van der Waals surface area contributed by atoms with Crippen LogP contribution in [0.4, 0.5) is 11.4 Å². The molecule has 1 aromatic rings. The minimum absolute atomic E-state index is 0.433. The standard InChI is InChI=1S/C17H21N2O/c1-17(12-14-6-7-14)8-10-19(11-9-17)16-5-3-2-4-15(16)18-13-20/h2-7,13H,8-12H2,1H3,(H,18,20). The number of para-hydroxylation sites is 2. The van der Waals surface area contributed by atoms with Gasteiger partial charge in [-0.15, -0.1) is 0 Å². The number of carbonyl (C=O) groups excluding carboxylic acids is 1. The lowest BCUT2D eigenvalue weighted by Gasteiger charge is -2.40. The molecule has 105 valence electrons. The van der Waals surface area contributed by atoms with Crippen molar-refractivity contribution in [1.82, 2.24) is 0 Å². The summed E-state index contributed by atoms with van der Waals surface area (Å²) in [6.07, 6.45) is 8.82. The lowest BCUT2D eigenvalue weighted by molar-refractivity contribution is -0.105. The molecule has 1 radical (unpaired) electrons. The number of anilines is 2. The van der Waals surface area contributed by atoms with Crippen LogP contribution in [0.3, 0.4) is 0 Å². The first-order chi connectivity index (χ1) is 9.70. The van der Waals surface area contributed by atoms with Gasteiger partial charge >= 0.3 is 0 Å². The van der Waals surface area contributed by atoms with Crippen LogP contribution in [-0.2, 0) is 4.79 Å². The highest BCUT2D eigenvalue weighted by Crippen LogP contribution is 2.42. The maximum absolute atomic E-state index is 10.7. The zero-order valence-electron chi connectivity index (χ0n) is 11.9. The number of hydrogen-bond donors (Lipinski definition) is 1. The molecule has 1 saturated heterocycles. The molecule has 0 bridgehead atoms. The minimum Gasteiger partial charge on any atom is -0.370 e. The predicted molar refractivity (Wildman–Crippen MR) is 82.7 cm³/mol. The van der Waals surface area contributed by atoms with Gasteiger partial charge in [-0.25, -0.2) is 0 Å². The molecule has 0 atom stereocenters. The van der Waals surface area contributed by atoms with E-state index in [2.05, 4.69) is 35.7 Å². The van der Waals surface area contributed by atoms with Gasteiger partial charge in [0, 0.05) is 19.5 Å². The van der Waals surface area contributed by atoms with Crippen LogP contribution in [-0.4, -0.2) is 19.5 Å². The van der Waals surface area contributed by atoms with Crippen LogP contribution in [0.2, 0.25) is 0 Å². The zero-order valence-corrected chi connectivity index (χ0v) is 11.9. The monoisotopic (exact) mass is 269 g/mol. The fourth-order valence-corrected chi connectivity index (χ4v) is 3.07. The van der Waals surface area contributed by atoms with Crippen molar-refractivity contribution < 1.29 is 4.79 Å². The Bertz CT molecular complexity index is 528. The fourth-order valence-electron chi connectivity index (χ4n) is 3.07. The largest absolute Gasteiger partial charge is 0.370 e. The molecule has 0 saturated carbocycles. The highest BCUT2D eigenvalue weighted by atomic mass is 16.1. The van der Waals surface area contributed by atoms with Gasteiger partial charge in [-0.05, 0) is 36.8 Å². The van der Waals surface area contributed by atoms with Gasteiger partial charge in [-0.2, -0.15) is 0 Å². The van der Waals surface area contributed by atoms with E-state index in [0.717, 1.165) is 30.9 Å². The van der Waals surface area contributed by atoms with Crippen LogP contribution in [0, 0.1) is 11.8 Å². The average molecular weight is 269 g/mol. The van der Waals surface area contributed by atoms with E-state index in [1.807, 2.05) is 18.2 Å². The van der Waals surface area contributed by atoms with Crippen molar-refractivity contribution in [2.24, 2.45) is 5.41 Å². The summed E-state index contributed by atoms with van der Waals surface area (Å²) < 4.78 is 0. The fraction of sp³-hybridized carbons (Fsp3) is 0.412. The molecule has 3 rings (SSSR count). The summed E-state index contributed by atoms with van der Waals surface area (Å²) in [5.74, 6) is 0. The number of benzene rings is 1. The third kappa shape index (κ3) is 2.87. The van der Waals surface area contributed by atoms with Crippen molar-refractivity contribution in [2.45, 2.75) is 26.2 Å². The number of nitrogens with zero attached hydrogens (tertiary/aromatic N) is 1. The lowest BCUT2D eigenvalue weighted by atomic mass is 9.76. The molecular weight excluding hydrogens is 248 g/mol. The van der Waals surface area contributed by atoms with E-state index in [0.29, 0.717) is 5.41 Å². The highest BCUT2D eigenvalue weighted by Gasteiger charge is 2.32. The maximum Gasteiger partial charge on any atom is 0.211 e. The molecular formula is C17H21N2O. The molecule has 0 spiro atoms.